The molecule has 0 spiro atoms. The van der Waals surface area contributed by atoms with Gasteiger partial charge in [-0.1, -0.05) is 44.9 Å². The number of hydrogen-bond donors (Lipinski definition) is 0. The van der Waals surface area contributed by atoms with E-state index in [1.165, 1.54) is 5.56 Å². The fraction of sp³-hybridized carbons (Fsp3) is 0.444. The van der Waals surface area contributed by atoms with Gasteiger partial charge in [0.15, 0.2) is 0 Å². The number of Topliss-reactive ketones (excluding diaryl/α,β-unsaturated/α-hetero) is 1. The Balaban J connectivity index is 1.84. The van der Waals surface area contributed by atoms with Gasteiger partial charge in [-0.2, -0.15) is 0 Å². The lowest BCUT2D eigenvalue weighted by Gasteiger charge is -2.14. The molecule has 31 heavy (non-hydrogen) atoms. The Bertz CT molecular complexity index is 1080. The van der Waals surface area contributed by atoms with Crippen molar-refractivity contribution in [2.75, 3.05) is 0 Å². The molecule has 0 radical (unpaired) electrons. The molecule has 1 aromatic heterocycles. The molecular weight excluding hydrogens is 384 g/mol. The molecule has 0 saturated carbocycles. The molecule has 3 aromatic rings. The first-order valence-corrected chi connectivity index (χ1v) is 11.7. The molecule has 0 unspecified atom stereocenters. The largest absolute Gasteiger partial charge is 0.300 e. The number of unbranched alkanes of at least 4 members (excludes halogenated alkanes) is 3. The van der Waals surface area contributed by atoms with Gasteiger partial charge in [-0.05, 0) is 68.0 Å². The molecule has 4 nitrogen and oxygen atoms in total. The van der Waals surface area contributed by atoms with E-state index in [4.69, 9.17) is 4.98 Å². The first kappa shape index (κ1) is 22.9. The van der Waals surface area contributed by atoms with Gasteiger partial charge in [-0.15, -0.1) is 0 Å². The second-order valence-electron chi connectivity index (χ2n) is 8.41. The lowest BCUT2D eigenvalue weighted by Crippen LogP contribution is -2.24. The Morgan fingerprint density at radius 1 is 0.935 bits per heavy atom. The van der Waals surface area contributed by atoms with Crippen LogP contribution in [0.3, 0.4) is 0 Å². The van der Waals surface area contributed by atoms with Crippen molar-refractivity contribution in [1.82, 2.24) is 9.55 Å². The standard InChI is InChI=1S/C27H34N2O2/c1-4-6-7-10-23(30)11-8-9-12-26-28-25-19-20(3)13-18-24(25)27(31)29(26)22-16-14-21(5-2)15-17-22/h13-19H,4-12H2,1-3H3. The zero-order chi connectivity index (χ0) is 22.2. The summed E-state index contributed by atoms with van der Waals surface area (Å²) in [6.07, 6.45) is 7.88. The fourth-order valence-corrected chi connectivity index (χ4v) is 3.96. The summed E-state index contributed by atoms with van der Waals surface area (Å²) in [4.78, 5) is 30.3. The fourth-order valence-electron chi connectivity index (χ4n) is 3.96. The maximum atomic E-state index is 13.4. The number of hydrogen-bond acceptors (Lipinski definition) is 3. The summed E-state index contributed by atoms with van der Waals surface area (Å²) in [5, 5.41) is 0.639. The van der Waals surface area contributed by atoms with Crippen LogP contribution in [0.5, 0.6) is 0 Å². The molecule has 2 aromatic carbocycles. The topological polar surface area (TPSA) is 52.0 Å². The minimum Gasteiger partial charge on any atom is -0.300 e. The summed E-state index contributed by atoms with van der Waals surface area (Å²) >= 11 is 0. The Morgan fingerprint density at radius 2 is 1.65 bits per heavy atom. The van der Waals surface area contributed by atoms with Crippen molar-refractivity contribution in [2.45, 2.75) is 78.6 Å². The van der Waals surface area contributed by atoms with Crippen LogP contribution in [0.1, 0.15) is 75.7 Å². The number of nitrogens with zero attached hydrogens (tertiary/aromatic N) is 2. The van der Waals surface area contributed by atoms with E-state index < -0.39 is 0 Å². The smallest absolute Gasteiger partial charge is 0.265 e. The number of ketones is 1. The van der Waals surface area contributed by atoms with Crippen molar-refractivity contribution in [3.8, 4) is 5.69 Å². The second-order valence-corrected chi connectivity index (χ2v) is 8.41. The van der Waals surface area contributed by atoms with Gasteiger partial charge in [0.05, 0.1) is 16.6 Å². The van der Waals surface area contributed by atoms with E-state index in [0.717, 1.165) is 61.1 Å². The van der Waals surface area contributed by atoms with Crippen LogP contribution in [-0.4, -0.2) is 15.3 Å². The van der Waals surface area contributed by atoms with E-state index in [-0.39, 0.29) is 5.56 Å². The maximum Gasteiger partial charge on any atom is 0.265 e. The van der Waals surface area contributed by atoms with Crippen LogP contribution < -0.4 is 5.56 Å². The van der Waals surface area contributed by atoms with Crippen LogP contribution in [0, 0.1) is 6.92 Å². The maximum absolute atomic E-state index is 13.4. The number of carbonyl (C=O) groups is 1. The van der Waals surface area contributed by atoms with Crippen molar-refractivity contribution in [3.63, 3.8) is 0 Å². The van der Waals surface area contributed by atoms with Crippen molar-refractivity contribution in [2.24, 2.45) is 0 Å². The van der Waals surface area contributed by atoms with E-state index in [2.05, 4.69) is 26.0 Å². The lowest BCUT2D eigenvalue weighted by atomic mass is 10.1. The SMILES string of the molecule is CCCCCC(=O)CCCCc1nc2cc(C)ccc2c(=O)n1-c1ccc(CC)cc1. The lowest BCUT2D eigenvalue weighted by molar-refractivity contribution is -0.119. The molecule has 0 N–H and O–H groups in total. The van der Waals surface area contributed by atoms with E-state index in [9.17, 15) is 9.59 Å². The number of rotatable bonds is 11. The van der Waals surface area contributed by atoms with Gasteiger partial charge in [0.2, 0.25) is 0 Å². The molecule has 0 aliphatic heterocycles. The third-order valence-corrected chi connectivity index (χ3v) is 5.86. The van der Waals surface area contributed by atoms with Gasteiger partial charge in [0.25, 0.3) is 5.56 Å². The third kappa shape index (κ3) is 5.90. The first-order chi connectivity index (χ1) is 15.0. The summed E-state index contributed by atoms with van der Waals surface area (Å²) in [6.45, 7) is 6.29. The van der Waals surface area contributed by atoms with Crippen LogP contribution >= 0.6 is 0 Å². The van der Waals surface area contributed by atoms with Gasteiger partial charge >= 0.3 is 0 Å². The second kappa shape index (κ2) is 11.0. The average molecular weight is 419 g/mol. The summed E-state index contributed by atoms with van der Waals surface area (Å²) in [5.74, 6) is 1.12. The molecule has 0 aliphatic carbocycles. The quantitative estimate of drug-likeness (QED) is 0.353. The van der Waals surface area contributed by atoms with Gasteiger partial charge < -0.3 is 0 Å². The van der Waals surface area contributed by atoms with E-state index >= 15 is 0 Å². The van der Waals surface area contributed by atoms with Crippen LogP contribution in [0.15, 0.2) is 47.3 Å². The predicted molar refractivity (Wildman–Crippen MR) is 128 cm³/mol. The molecule has 3 rings (SSSR count). The van der Waals surface area contributed by atoms with Crippen LogP contribution in [0.25, 0.3) is 16.6 Å². The Labute approximate surface area is 185 Å². The number of benzene rings is 2. The Kier molecular flexibility index (Phi) is 8.16. The number of aryl methyl sites for hydroxylation is 3. The molecule has 0 fully saturated rings. The summed E-state index contributed by atoms with van der Waals surface area (Å²) in [7, 11) is 0. The van der Waals surface area contributed by atoms with Gasteiger partial charge in [0, 0.05) is 19.3 Å². The number of aromatic nitrogens is 2. The highest BCUT2D eigenvalue weighted by Crippen LogP contribution is 2.17. The molecule has 0 aliphatic rings. The predicted octanol–water partition coefficient (Wildman–Crippen LogP) is 6.12. The van der Waals surface area contributed by atoms with Gasteiger partial charge in [-0.3, -0.25) is 14.2 Å². The third-order valence-electron chi connectivity index (χ3n) is 5.86. The minimum absolute atomic E-state index is 0.0279. The highest BCUT2D eigenvalue weighted by Gasteiger charge is 2.13. The highest BCUT2D eigenvalue weighted by atomic mass is 16.1. The van der Waals surface area contributed by atoms with E-state index in [0.29, 0.717) is 30.4 Å². The minimum atomic E-state index is -0.0279. The summed E-state index contributed by atoms with van der Waals surface area (Å²) < 4.78 is 1.75. The molecule has 0 saturated heterocycles. The molecule has 0 atom stereocenters. The molecule has 164 valence electrons. The highest BCUT2D eigenvalue weighted by molar-refractivity contribution is 5.79. The molecule has 4 heteroatoms. The molecule has 0 bridgehead atoms. The Morgan fingerprint density at radius 3 is 2.32 bits per heavy atom. The first-order valence-electron chi connectivity index (χ1n) is 11.7. The van der Waals surface area contributed by atoms with Crippen molar-refractivity contribution in [1.29, 1.82) is 0 Å². The van der Waals surface area contributed by atoms with Crippen molar-refractivity contribution in [3.05, 3.63) is 69.8 Å². The zero-order valence-corrected chi connectivity index (χ0v) is 19.1. The number of carbonyl (C=O) groups excluding carboxylic acids is 1. The van der Waals surface area contributed by atoms with Crippen LogP contribution in [0.4, 0.5) is 0 Å². The van der Waals surface area contributed by atoms with Crippen LogP contribution in [0.2, 0.25) is 0 Å². The van der Waals surface area contributed by atoms with Crippen molar-refractivity contribution < 1.29 is 4.79 Å². The monoisotopic (exact) mass is 418 g/mol. The van der Waals surface area contributed by atoms with E-state index in [1.54, 1.807) is 4.57 Å². The summed E-state index contributed by atoms with van der Waals surface area (Å²) in [5.41, 5.74) is 3.90. The molecule has 1 heterocycles. The van der Waals surface area contributed by atoms with E-state index in [1.807, 2.05) is 37.3 Å². The summed E-state index contributed by atoms with van der Waals surface area (Å²) in [6, 6.07) is 13.9. The van der Waals surface area contributed by atoms with Crippen LogP contribution in [-0.2, 0) is 17.6 Å². The zero-order valence-electron chi connectivity index (χ0n) is 19.1. The van der Waals surface area contributed by atoms with Gasteiger partial charge in [0.1, 0.15) is 11.6 Å². The van der Waals surface area contributed by atoms with Crippen molar-refractivity contribution >= 4 is 16.7 Å². The molecular formula is C27H34N2O2. The number of fused-ring (bicyclic) bond motifs is 1. The molecule has 0 amide bonds. The average Bonchev–Trinajstić information content (AvgIpc) is 2.77. The Hall–Kier alpha value is -2.75. The normalized spacial score (nSPS) is 11.2. The van der Waals surface area contributed by atoms with Gasteiger partial charge in [-0.25, -0.2) is 4.98 Å².